The summed E-state index contributed by atoms with van der Waals surface area (Å²) in [5.74, 6) is 0.0541. The zero-order valence-electron chi connectivity index (χ0n) is 11.6. The van der Waals surface area contributed by atoms with Crippen molar-refractivity contribution in [2.24, 2.45) is 5.92 Å². The zero-order valence-corrected chi connectivity index (χ0v) is 12.4. The normalized spacial score (nSPS) is 11.3. The van der Waals surface area contributed by atoms with Crippen molar-refractivity contribution >= 4 is 11.8 Å². The van der Waals surface area contributed by atoms with Gasteiger partial charge in [-0.3, -0.25) is 0 Å². The molecule has 1 N–H and O–H groups in total. The molecular weight excluding hydrogens is 268 g/mol. The van der Waals surface area contributed by atoms with Gasteiger partial charge in [-0.2, -0.15) is 0 Å². The summed E-state index contributed by atoms with van der Waals surface area (Å²) in [5, 5.41) is 3.17. The van der Waals surface area contributed by atoms with Crippen molar-refractivity contribution in [1.82, 2.24) is 5.32 Å². The topological polar surface area (TPSA) is 21.3 Å². The van der Waals surface area contributed by atoms with Gasteiger partial charge in [0.1, 0.15) is 11.6 Å². The number of rotatable bonds is 8. The Labute approximate surface area is 117 Å². The highest BCUT2D eigenvalue weighted by atomic mass is 32.2. The van der Waals surface area contributed by atoms with E-state index in [-0.39, 0.29) is 4.90 Å². The molecule has 2 nitrogen and oxygen atoms in total. The Morgan fingerprint density at radius 1 is 1.26 bits per heavy atom. The summed E-state index contributed by atoms with van der Waals surface area (Å²) >= 11 is 1.14. The van der Waals surface area contributed by atoms with Crippen LogP contribution in [0.1, 0.15) is 19.4 Å². The van der Waals surface area contributed by atoms with Gasteiger partial charge < -0.3 is 10.1 Å². The van der Waals surface area contributed by atoms with Crippen LogP contribution in [0.3, 0.4) is 0 Å². The van der Waals surface area contributed by atoms with Crippen LogP contribution in [0, 0.1) is 17.6 Å². The molecule has 108 valence electrons. The highest BCUT2D eigenvalue weighted by Gasteiger charge is 2.11. The van der Waals surface area contributed by atoms with Crippen LogP contribution >= 0.6 is 11.8 Å². The van der Waals surface area contributed by atoms with E-state index in [1.807, 2.05) is 0 Å². The van der Waals surface area contributed by atoms with Crippen LogP contribution in [0.25, 0.3) is 0 Å². The van der Waals surface area contributed by atoms with E-state index < -0.39 is 11.6 Å². The molecular formula is C14H21F2NOS. The van der Waals surface area contributed by atoms with Gasteiger partial charge in [0.05, 0.1) is 11.5 Å². The van der Waals surface area contributed by atoms with Gasteiger partial charge in [0, 0.05) is 19.4 Å². The van der Waals surface area contributed by atoms with E-state index in [0.717, 1.165) is 18.3 Å². The molecule has 0 atom stereocenters. The molecule has 1 rings (SSSR count). The summed E-state index contributed by atoms with van der Waals surface area (Å²) in [6, 6.07) is 2.79. The largest absolute Gasteiger partial charge is 0.384 e. The third-order valence-corrected chi connectivity index (χ3v) is 3.52. The van der Waals surface area contributed by atoms with Gasteiger partial charge in [-0.05, 0) is 30.2 Å². The Morgan fingerprint density at radius 3 is 2.42 bits per heavy atom. The maximum atomic E-state index is 13.8. The van der Waals surface area contributed by atoms with E-state index in [2.05, 4.69) is 19.2 Å². The highest BCUT2D eigenvalue weighted by Crippen LogP contribution is 2.26. The third kappa shape index (κ3) is 5.89. The zero-order chi connectivity index (χ0) is 14.3. The van der Waals surface area contributed by atoms with Crippen LogP contribution in [-0.2, 0) is 11.3 Å². The van der Waals surface area contributed by atoms with Crippen LogP contribution in [-0.4, -0.2) is 26.0 Å². The standard InChI is InChI=1S/C14H21F2NOS/c1-10(2)8-17-9-11-6-12(15)14(13(16)7-11)19-5-4-18-3/h6-7,10,17H,4-5,8-9H2,1-3H3. The Balaban J connectivity index is 2.62. The number of hydrogen-bond donors (Lipinski definition) is 1. The van der Waals surface area contributed by atoms with E-state index >= 15 is 0 Å². The van der Waals surface area contributed by atoms with Crippen LogP contribution in [0.4, 0.5) is 8.78 Å². The average Bonchev–Trinajstić information content (AvgIpc) is 2.32. The molecule has 0 spiro atoms. The van der Waals surface area contributed by atoms with Gasteiger partial charge >= 0.3 is 0 Å². The Bertz CT molecular complexity index is 376. The van der Waals surface area contributed by atoms with Crippen molar-refractivity contribution in [3.8, 4) is 0 Å². The third-order valence-electron chi connectivity index (χ3n) is 2.47. The molecule has 19 heavy (non-hydrogen) atoms. The summed E-state index contributed by atoms with van der Waals surface area (Å²) in [7, 11) is 1.57. The average molecular weight is 289 g/mol. The first-order valence-electron chi connectivity index (χ1n) is 6.35. The fraction of sp³-hybridized carbons (Fsp3) is 0.571. The van der Waals surface area contributed by atoms with Gasteiger partial charge in [0.25, 0.3) is 0 Å². The molecule has 0 aliphatic heterocycles. The summed E-state index contributed by atoms with van der Waals surface area (Å²) in [4.78, 5) is 0.0738. The fourth-order valence-corrected chi connectivity index (χ4v) is 2.43. The summed E-state index contributed by atoms with van der Waals surface area (Å²) < 4.78 is 32.5. The van der Waals surface area contributed by atoms with Crippen LogP contribution in [0.2, 0.25) is 0 Å². The molecule has 0 fully saturated rings. The summed E-state index contributed by atoms with van der Waals surface area (Å²) in [6.45, 7) is 5.96. The maximum Gasteiger partial charge on any atom is 0.140 e. The molecule has 0 saturated carbocycles. The lowest BCUT2D eigenvalue weighted by atomic mass is 10.2. The fourth-order valence-electron chi connectivity index (χ4n) is 1.58. The van der Waals surface area contributed by atoms with Crippen molar-refractivity contribution in [2.45, 2.75) is 25.3 Å². The number of methoxy groups -OCH3 is 1. The van der Waals surface area contributed by atoms with E-state index in [1.54, 1.807) is 7.11 Å². The molecule has 0 saturated heterocycles. The Morgan fingerprint density at radius 2 is 1.89 bits per heavy atom. The molecule has 0 heterocycles. The molecule has 0 bridgehead atoms. The lowest BCUT2D eigenvalue weighted by molar-refractivity contribution is 0.218. The lowest BCUT2D eigenvalue weighted by Gasteiger charge is -2.10. The Hall–Kier alpha value is -0.650. The number of hydrogen-bond acceptors (Lipinski definition) is 3. The number of thioether (sulfide) groups is 1. The second-order valence-corrected chi connectivity index (χ2v) is 5.86. The van der Waals surface area contributed by atoms with E-state index in [4.69, 9.17) is 4.74 Å². The molecule has 0 aliphatic rings. The molecule has 5 heteroatoms. The second-order valence-electron chi connectivity index (χ2n) is 4.75. The molecule has 0 unspecified atom stereocenters. The van der Waals surface area contributed by atoms with Crippen molar-refractivity contribution < 1.29 is 13.5 Å². The summed E-state index contributed by atoms with van der Waals surface area (Å²) in [6.07, 6.45) is 0. The smallest absolute Gasteiger partial charge is 0.140 e. The first-order chi connectivity index (χ1) is 9.04. The molecule has 1 aromatic rings. The van der Waals surface area contributed by atoms with Gasteiger partial charge in [0.15, 0.2) is 0 Å². The second kappa shape index (κ2) is 8.51. The van der Waals surface area contributed by atoms with Crippen molar-refractivity contribution in [1.29, 1.82) is 0 Å². The molecule has 0 aromatic heterocycles. The molecule has 0 amide bonds. The van der Waals surface area contributed by atoms with Gasteiger partial charge in [-0.1, -0.05) is 13.8 Å². The van der Waals surface area contributed by atoms with E-state index in [1.165, 1.54) is 12.1 Å². The van der Waals surface area contributed by atoms with Gasteiger partial charge in [0.2, 0.25) is 0 Å². The van der Waals surface area contributed by atoms with Crippen LogP contribution in [0.5, 0.6) is 0 Å². The SMILES string of the molecule is COCCSc1c(F)cc(CNCC(C)C)cc1F. The predicted octanol–water partition coefficient (Wildman–Crippen LogP) is 3.45. The lowest BCUT2D eigenvalue weighted by Crippen LogP contribution is -2.19. The predicted molar refractivity (Wildman–Crippen MR) is 75.5 cm³/mol. The molecule has 1 aromatic carbocycles. The molecule has 0 radical (unpaired) electrons. The maximum absolute atomic E-state index is 13.8. The van der Waals surface area contributed by atoms with Gasteiger partial charge in [-0.15, -0.1) is 11.8 Å². The number of nitrogens with one attached hydrogen (secondary N) is 1. The van der Waals surface area contributed by atoms with E-state index in [0.29, 0.717) is 30.4 Å². The monoisotopic (exact) mass is 289 g/mol. The van der Waals surface area contributed by atoms with Crippen LogP contribution in [0.15, 0.2) is 17.0 Å². The Kier molecular flexibility index (Phi) is 7.34. The quantitative estimate of drug-likeness (QED) is 0.585. The van der Waals surface area contributed by atoms with Crippen molar-refractivity contribution in [3.63, 3.8) is 0 Å². The number of halogens is 2. The summed E-state index contributed by atoms with van der Waals surface area (Å²) in [5.41, 5.74) is 0.631. The van der Waals surface area contributed by atoms with E-state index in [9.17, 15) is 8.78 Å². The highest BCUT2D eigenvalue weighted by molar-refractivity contribution is 7.99. The minimum atomic E-state index is -0.498. The first kappa shape index (κ1) is 16.4. The van der Waals surface area contributed by atoms with Crippen molar-refractivity contribution in [3.05, 3.63) is 29.3 Å². The minimum Gasteiger partial charge on any atom is -0.384 e. The van der Waals surface area contributed by atoms with Gasteiger partial charge in [-0.25, -0.2) is 8.78 Å². The minimum absolute atomic E-state index is 0.0738. The molecule has 0 aliphatic carbocycles. The first-order valence-corrected chi connectivity index (χ1v) is 7.33. The van der Waals surface area contributed by atoms with Crippen molar-refractivity contribution in [2.75, 3.05) is 26.0 Å². The number of benzene rings is 1. The van der Waals surface area contributed by atoms with Crippen LogP contribution < -0.4 is 5.32 Å². The number of ether oxygens (including phenoxy) is 1.